The Bertz CT molecular complexity index is 665. The lowest BCUT2D eigenvalue weighted by Crippen LogP contribution is -2.58. The van der Waals surface area contributed by atoms with Crippen molar-refractivity contribution in [3.05, 3.63) is 24.3 Å². The average Bonchev–Trinajstić information content (AvgIpc) is 3.24. The van der Waals surface area contributed by atoms with Crippen LogP contribution in [0.15, 0.2) is 24.3 Å². The van der Waals surface area contributed by atoms with Gasteiger partial charge in [0, 0.05) is 45.0 Å². The quantitative estimate of drug-likeness (QED) is 0.785. The van der Waals surface area contributed by atoms with Crippen molar-refractivity contribution >= 4 is 17.5 Å². The first-order valence-corrected chi connectivity index (χ1v) is 9.71. The maximum absolute atomic E-state index is 12.7. The highest BCUT2D eigenvalue weighted by atomic mass is 16.5. The smallest absolute Gasteiger partial charge is 0.245 e. The molecule has 1 aromatic rings. The van der Waals surface area contributed by atoms with Crippen LogP contribution < -0.4 is 15.4 Å². The lowest BCUT2D eigenvalue weighted by Gasteiger charge is -2.41. The third-order valence-electron chi connectivity index (χ3n) is 5.64. The summed E-state index contributed by atoms with van der Waals surface area (Å²) in [5, 5.41) is 6.23. The summed E-state index contributed by atoms with van der Waals surface area (Å²) in [6.07, 6.45) is 3.51. The van der Waals surface area contributed by atoms with E-state index in [1.54, 1.807) is 14.2 Å². The summed E-state index contributed by atoms with van der Waals surface area (Å²) in [4.78, 5) is 29.2. The number of amides is 2. The molecule has 27 heavy (non-hydrogen) atoms. The molecule has 0 spiro atoms. The Hall–Kier alpha value is -2.28. The Kier molecular flexibility index (Phi) is 6.21. The Morgan fingerprint density at radius 1 is 1.15 bits per heavy atom. The van der Waals surface area contributed by atoms with E-state index in [0.29, 0.717) is 32.5 Å². The van der Waals surface area contributed by atoms with Gasteiger partial charge in [0.25, 0.3) is 0 Å². The fraction of sp³-hybridized carbons (Fsp3) is 0.600. The molecule has 7 nitrogen and oxygen atoms in total. The first-order valence-electron chi connectivity index (χ1n) is 9.71. The summed E-state index contributed by atoms with van der Waals surface area (Å²) in [7, 11) is 3.30. The summed E-state index contributed by atoms with van der Waals surface area (Å²) in [6, 6.07) is 7.62. The number of carbonyl (C=O) groups excluding carboxylic acids is 2. The molecule has 2 saturated heterocycles. The number of nitrogens with one attached hydrogen (secondary N) is 2. The van der Waals surface area contributed by atoms with Gasteiger partial charge in [0.15, 0.2) is 0 Å². The van der Waals surface area contributed by atoms with Crippen molar-refractivity contribution in [2.75, 3.05) is 52.2 Å². The molecular formula is C20H30N4O3. The summed E-state index contributed by atoms with van der Waals surface area (Å²) in [5.74, 6) is 0.942. The van der Waals surface area contributed by atoms with Gasteiger partial charge in [0.2, 0.25) is 11.8 Å². The van der Waals surface area contributed by atoms with E-state index in [1.165, 1.54) is 0 Å². The van der Waals surface area contributed by atoms with E-state index in [-0.39, 0.29) is 11.8 Å². The fourth-order valence-electron chi connectivity index (χ4n) is 3.98. The number of methoxy groups -OCH3 is 1. The van der Waals surface area contributed by atoms with Gasteiger partial charge in [-0.15, -0.1) is 0 Å². The topological polar surface area (TPSA) is 73.9 Å². The van der Waals surface area contributed by atoms with Crippen LogP contribution in [-0.2, 0) is 9.59 Å². The molecule has 2 aliphatic heterocycles. The number of piperidine rings is 1. The molecule has 148 valence electrons. The largest absolute Gasteiger partial charge is 0.497 e. The number of hydrogen-bond donors (Lipinski definition) is 2. The number of anilines is 1. The van der Waals surface area contributed by atoms with Crippen molar-refractivity contribution in [3.8, 4) is 5.75 Å². The third kappa shape index (κ3) is 4.53. The molecule has 0 atom stereocenters. The molecule has 2 fully saturated rings. The molecule has 7 heteroatoms. The zero-order valence-corrected chi connectivity index (χ0v) is 16.3. The maximum atomic E-state index is 12.7. The molecular weight excluding hydrogens is 344 g/mol. The van der Waals surface area contributed by atoms with Gasteiger partial charge in [-0.1, -0.05) is 6.07 Å². The van der Waals surface area contributed by atoms with Gasteiger partial charge in [-0.05, 0) is 37.8 Å². The van der Waals surface area contributed by atoms with E-state index in [2.05, 4.69) is 15.5 Å². The Morgan fingerprint density at radius 2 is 1.85 bits per heavy atom. The molecule has 2 N–H and O–H groups in total. The second-order valence-corrected chi connectivity index (χ2v) is 7.38. The molecule has 0 aromatic heterocycles. The molecule has 0 unspecified atom stereocenters. The number of hydrogen-bond acceptors (Lipinski definition) is 5. The van der Waals surface area contributed by atoms with Crippen LogP contribution >= 0.6 is 0 Å². The molecule has 2 amide bonds. The SMILES string of the molecule is CNC(=O)C1(Nc2cccc(OC)c2)CCN(CC(=O)N2CCCC2)CC1. The molecule has 1 aromatic carbocycles. The molecule has 2 aliphatic rings. The van der Waals surface area contributed by atoms with E-state index in [0.717, 1.165) is 37.4 Å². The highest BCUT2D eigenvalue weighted by Crippen LogP contribution is 2.29. The third-order valence-corrected chi connectivity index (χ3v) is 5.64. The number of nitrogens with zero attached hydrogens (tertiary/aromatic N) is 2. The zero-order valence-electron chi connectivity index (χ0n) is 16.3. The first kappa shape index (κ1) is 19.5. The van der Waals surface area contributed by atoms with Crippen molar-refractivity contribution in [1.29, 1.82) is 0 Å². The summed E-state index contributed by atoms with van der Waals surface area (Å²) >= 11 is 0. The lowest BCUT2D eigenvalue weighted by atomic mass is 9.86. The lowest BCUT2D eigenvalue weighted by molar-refractivity contribution is -0.132. The number of likely N-dealkylation sites (tertiary alicyclic amines) is 2. The molecule has 0 saturated carbocycles. The van der Waals surface area contributed by atoms with Crippen LogP contribution in [0.5, 0.6) is 5.75 Å². The summed E-state index contributed by atoms with van der Waals surface area (Å²) < 4.78 is 5.28. The minimum absolute atomic E-state index is 0.0177. The Balaban J connectivity index is 1.64. The minimum Gasteiger partial charge on any atom is -0.497 e. The summed E-state index contributed by atoms with van der Waals surface area (Å²) in [5.41, 5.74) is 0.188. The van der Waals surface area contributed by atoms with Gasteiger partial charge < -0.3 is 20.3 Å². The highest BCUT2D eigenvalue weighted by Gasteiger charge is 2.41. The molecule has 0 radical (unpaired) electrons. The van der Waals surface area contributed by atoms with Crippen molar-refractivity contribution in [3.63, 3.8) is 0 Å². The number of rotatable bonds is 6. The summed E-state index contributed by atoms with van der Waals surface area (Å²) in [6.45, 7) is 3.63. The normalized spacial score (nSPS) is 19.6. The number of benzene rings is 1. The molecule has 3 rings (SSSR count). The number of likely N-dealkylation sites (N-methyl/N-ethyl adjacent to an activating group) is 1. The standard InChI is InChI=1S/C20H30N4O3/c1-21-19(26)20(22-16-6-5-7-17(14-16)27-2)8-12-23(13-9-20)15-18(25)24-10-3-4-11-24/h5-7,14,22H,3-4,8-13,15H2,1-2H3,(H,21,26). The van der Waals surface area contributed by atoms with E-state index >= 15 is 0 Å². The van der Waals surface area contributed by atoms with E-state index in [9.17, 15) is 9.59 Å². The molecule has 2 heterocycles. The van der Waals surface area contributed by atoms with Crippen LogP contribution in [0.1, 0.15) is 25.7 Å². The van der Waals surface area contributed by atoms with Gasteiger partial charge in [0.1, 0.15) is 11.3 Å². The van der Waals surface area contributed by atoms with Crippen LogP contribution in [-0.4, -0.2) is 74.0 Å². The van der Waals surface area contributed by atoms with Gasteiger partial charge in [-0.3, -0.25) is 14.5 Å². The van der Waals surface area contributed by atoms with Crippen LogP contribution in [0.25, 0.3) is 0 Å². The maximum Gasteiger partial charge on any atom is 0.245 e. The van der Waals surface area contributed by atoms with Crippen molar-refractivity contribution in [2.24, 2.45) is 0 Å². The minimum atomic E-state index is -0.672. The van der Waals surface area contributed by atoms with Crippen LogP contribution in [0, 0.1) is 0 Å². The predicted octanol–water partition coefficient (Wildman–Crippen LogP) is 1.31. The van der Waals surface area contributed by atoms with E-state index in [1.807, 2.05) is 29.2 Å². The van der Waals surface area contributed by atoms with Crippen molar-refractivity contribution < 1.29 is 14.3 Å². The van der Waals surface area contributed by atoms with Crippen molar-refractivity contribution in [1.82, 2.24) is 15.1 Å². The fourth-order valence-corrected chi connectivity index (χ4v) is 3.98. The van der Waals surface area contributed by atoms with E-state index in [4.69, 9.17) is 4.74 Å². The molecule has 0 bridgehead atoms. The number of ether oxygens (including phenoxy) is 1. The van der Waals surface area contributed by atoms with Crippen LogP contribution in [0.2, 0.25) is 0 Å². The second kappa shape index (κ2) is 8.61. The van der Waals surface area contributed by atoms with Crippen LogP contribution in [0.3, 0.4) is 0 Å². The number of carbonyl (C=O) groups is 2. The molecule has 0 aliphatic carbocycles. The Morgan fingerprint density at radius 3 is 2.48 bits per heavy atom. The monoisotopic (exact) mass is 374 g/mol. The van der Waals surface area contributed by atoms with Gasteiger partial charge in [-0.2, -0.15) is 0 Å². The van der Waals surface area contributed by atoms with E-state index < -0.39 is 5.54 Å². The second-order valence-electron chi connectivity index (χ2n) is 7.38. The Labute approximate surface area is 161 Å². The first-order chi connectivity index (χ1) is 13.1. The van der Waals surface area contributed by atoms with Gasteiger partial charge >= 0.3 is 0 Å². The highest BCUT2D eigenvalue weighted by molar-refractivity contribution is 5.89. The van der Waals surface area contributed by atoms with Crippen LogP contribution in [0.4, 0.5) is 5.69 Å². The van der Waals surface area contributed by atoms with Gasteiger partial charge in [0.05, 0.1) is 13.7 Å². The van der Waals surface area contributed by atoms with Crippen molar-refractivity contribution in [2.45, 2.75) is 31.2 Å². The zero-order chi connectivity index (χ0) is 19.3. The average molecular weight is 374 g/mol. The van der Waals surface area contributed by atoms with Gasteiger partial charge in [-0.25, -0.2) is 0 Å². The predicted molar refractivity (Wildman–Crippen MR) is 105 cm³/mol.